The van der Waals surface area contributed by atoms with Gasteiger partial charge in [-0.2, -0.15) is 5.26 Å². The molecule has 7 nitrogen and oxygen atoms in total. The third-order valence-electron chi connectivity index (χ3n) is 4.07. The smallest absolute Gasteiger partial charge is 0.357 e. The maximum absolute atomic E-state index is 12.1. The van der Waals surface area contributed by atoms with Crippen LogP contribution in [0.15, 0.2) is 30.5 Å². The zero-order valence-corrected chi connectivity index (χ0v) is 14.1. The maximum atomic E-state index is 12.1. The van der Waals surface area contributed by atoms with Crippen LogP contribution in [0, 0.1) is 25.2 Å². The van der Waals surface area contributed by atoms with E-state index >= 15 is 0 Å². The Hall–Kier alpha value is -3.53. The molecule has 0 saturated heterocycles. The second-order valence-corrected chi connectivity index (χ2v) is 5.62. The van der Waals surface area contributed by atoms with Crippen LogP contribution in [-0.2, 0) is 4.74 Å². The lowest BCUT2D eigenvalue weighted by atomic mass is 10.2. The fraction of sp³-hybridized carbons (Fsp3) is 0.167. The van der Waals surface area contributed by atoms with Crippen molar-refractivity contribution in [2.24, 2.45) is 0 Å². The molecular weight excluding hydrogens is 318 g/mol. The molecule has 0 aliphatic rings. The third kappa shape index (κ3) is 2.74. The highest BCUT2D eigenvalue weighted by Gasteiger charge is 2.22. The standard InChI is InChI=1S/C18H17N5O2/c1-10-11(2)22-17(21-10)12-5-4-6-14(7-12)23-9-13(8-19)15(20)16(23)18(24)25-3/h4-7,9H,20H2,1-3H3,(H,21,22). The van der Waals surface area contributed by atoms with E-state index in [-0.39, 0.29) is 16.9 Å². The minimum atomic E-state index is -0.603. The van der Waals surface area contributed by atoms with Crippen LogP contribution < -0.4 is 5.73 Å². The quantitative estimate of drug-likeness (QED) is 0.715. The van der Waals surface area contributed by atoms with Gasteiger partial charge in [-0.05, 0) is 26.0 Å². The molecule has 0 amide bonds. The number of hydrogen-bond acceptors (Lipinski definition) is 5. The molecule has 3 rings (SSSR count). The molecule has 126 valence electrons. The molecule has 0 aliphatic carbocycles. The van der Waals surface area contributed by atoms with Crippen LogP contribution in [0.25, 0.3) is 17.1 Å². The van der Waals surface area contributed by atoms with Crippen molar-refractivity contribution in [3.05, 3.63) is 53.1 Å². The first-order valence-corrected chi connectivity index (χ1v) is 7.59. The highest BCUT2D eigenvalue weighted by atomic mass is 16.5. The highest BCUT2D eigenvalue weighted by Crippen LogP contribution is 2.27. The van der Waals surface area contributed by atoms with Gasteiger partial charge in [0.2, 0.25) is 0 Å². The lowest BCUT2D eigenvalue weighted by Gasteiger charge is -2.09. The first kappa shape index (κ1) is 16.3. The van der Waals surface area contributed by atoms with Crippen LogP contribution in [0.1, 0.15) is 27.4 Å². The fourth-order valence-corrected chi connectivity index (χ4v) is 2.61. The number of nitriles is 1. The summed E-state index contributed by atoms with van der Waals surface area (Å²) in [6.07, 6.45) is 1.53. The molecule has 0 saturated carbocycles. The van der Waals surface area contributed by atoms with E-state index in [0.29, 0.717) is 5.69 Å². The number of aromatic amines is 1. The number of benzene rings is 1. The molecule has 25 heavy (non-hydrogen) atoms. The molecule has 0 radical (unpaired) electrons. The van der Waals surface area contributed by atoms with Crippen molar-refractivity contribution in [1.29, 1.82) is 5.26 Å². The lowest BCUT2D eigenvalue weighted by Crippen LogP contribution is -2.11. The predicted octanol–water partition coefficient (Wildman–Crippen LogP) is 2.72. The summed E-state index contributed by atoms with van der Waals surface area (Å²) in [4.78, 5) is 19.8. The van der Waals surface area contributed by atoms with E-state index in [1.165, 1.54) is 13.3 Å². The van der Waals surface area contributed by atoms with Gasteiger partial charge in [0.25, 0.3) is 0 Å². The molecule has 0 unspecified atom stereocenters. The highest BCUT2D eigenvalue weighted by molar-refractivity contribution is 5.96. The monoisotopic (exact) mass is 335 g/mol. The van der Waals surface area contributed by atoms with Crippen LogP contribution in [0.5, 0.6) is 0 Å². The van der Waals surface area contributed by atoms with Gasteiger partial charge in [0.1, 0.15) is 11.9 Å². The van der Waals surface area contributed by atoms with Crippen molar-refractivity contribution >= 4 is 11.7 Å². The van der Waals surface area contributed by atoms with Crippen molar-refractivity contribution in [2.45, 2.75) is 13.8 Å². The number of rotatable bonds is 3. The molecule has 0 spiro atoms. The number of hydrogen-bond donors (Lipinski definition) is 2. The summed E-state index contributed by atoms with van der Waals surface area (Å²) in [6, 6.07) is 9.44. The molecule has 2 heterocycles. The normalized spacial score (nSPS) is 10.5. The van der Waals surface area contributed by atoms with Crippen molar-refractivity contribution < 1.29 is 9.53 Å². The van der Waals surface area contributed by atoms with Gasteiger partial charge in [-0.25, -0.2) is 9.78 Å². The molecule has 2 aromatic heterocycles. The Kier molecular flexibility index (Phi) is 4.03. The van der Waals surface area contributed by atoms with E-state index in [2.05, 4.69) is 9.97 Å². The molecule has 3 aromatic rings. The van der Waals surface area contributed by atoms with Crippen LogP contribution in [-0.4, -0.2) is 27.6 Å². The molecule has 3 N–H and O–H groups in total. The van der Waals surface area contributed by atoms with Crippen LogP contribution in [0.4, 0.5) is 5.69 Å². The minimum absolute atomic E-state index is 0.101. The number of aromatic nitrogens is 3. The molecular formula is C18H17N5O2. The zero-order valence-electron chi connectivity index (χ0n) is 14.1. The average Bonchev–Trinajstić information content (AvgIpc) is 3.14. The molecule has 0 aliphatic heterocycles. The number of methoxy groups -OCH3 is 1. The number of anilines is 1. The number of ether oxygens (including phenoxy) is 1. The Morgan fingerprint density at radius 2 is 2.16 bits per heavy atom. The van der Waals surface area contributed by atoms with E-state index in [4.69, 9.17) is 10.5 Å². The van der Waals surface area contributed by atoms with E-state index in [1.807, 2.05) is 44.2 Å². The Bertz CT molecular complexity index is 988. The Morgan fingerprint density at radius 1 is 1.40 bits per heavy atom. The second kappa shape index (κ2) is 6.17. The number of nitrogen functional groups attached to an aromatic ring is 1. The van der Waals surface area contributed by atoms with Gasteiger partial charge >= 0.3 is 5.97 Å². The first-order chi connectivity index (χ1) is 12.0. The van der Waals surface area contributed by atoms with Gasteiger partial charge in [0.15, 0.2) is 5.69 Å². The minimum Gasteiger partial charge on any atom is -0.464 e. The zero-order chi connectivity index (χ0) is 18.1. The van der Waals surface area contributed by atoms with E-state index in [0.717, 1.165) is 22.8 Å². The summed E-state index contributed by atoms with van der Waals surface area (Å²) in [6.45, 7) is 3.89. The molecule has 0 bridgehead atoms. The van der Waals surface area contributed by atoms with Crippen molar-refractivity contribution in [2.75, 3.05) is 12.8 Å². The maximum Gasteiger partial charge on any atom is 0.357 e. The van der Waals surface area contributed by atoms with E-state index < -0.39 is 5.97 Å². The van der Waals surface area contributed by atoms with Gasteiger partial charge in [0.05, 0.1) is 24.1 Å². The topological polar surface area (TPSA) is 110 Å². The van der Waals surface area contributed by atoms with Crippen LogP contribution >= 0.6 is 0 Å². The number of nitrogens with zero attached hydrogens (tertiary/aromatic N) is 3. The predicted molar refractivity (Wildman–Crippen MR) is 93.3 cm³/mol. The second-order valence-electron chi connectivity index (χ2n) is 5.62. The van der Waals surface area contributed by atoms with Gasteiger partial charge in [-0.3, -0.25) is 0 Å². The SMILES string of the molecule is COC(=O)c1c(N)c(C#N)cn1-c1cccc(-c2nc(C)c(C)[nH]2)c1. The van der Waals surface area contributed by atoms with Crippen molar-refractivity contribution in [1.82, 2.24) is 14.5 Å². The number of carbonyl (C=O) groups is 1. The van der Waals surface area contributed by atoms with Gasteiger partial charge in [-0.1, -0.05) is 12.1 Å². The van der Waals surface area contributed by atoms with Crippen LogP contribution in [0.2, 0.25) is 0 Å². The molecule has 7 heteroatoms. The van der Waals surface area contributed by atoms with E-state index in [9.17, 15) is 10.1 Å². The average molecular weight is 335 g/mol. The summed E-state index contributed by atoms with van der Waals surface area (Å²) in [5, 5.41) is 9.21. The Morgan fingerprint density at radius 3 is 2.76 bits per heavy atom. The number of imidazole rings is 1. The first-order valence-electron chi connectivity index (χ1n) is 7.59. The largest absolute Gasteiger partial charge is 0.464 e. The number of nitrogens with one attached hydrogen (secondary N) is 1. The van der Waals surface area contributed by atoms with Crippen LogP contribution in [0.3, 0.4) is 0 Å². The van der Waals surface area contributed by atoms with Crippen molar-refractivity contribution in [3.8, 4) is 23.1 Å². The Balaban J connectivity index is 2.16. The fourth-order valence-electron chi connectivity index (χ4n) is 2.61. The number of aryl methyl sites for hydroxylation is 2. The Labute approximate surface area is 144 Å². The van der Waals surface area contributed by atoms with Gasteiger partial charge < -0.3 is 20.0 Å². The third-order valence-corrected chi connectivity index (χ3v) is 4.07. The summed E-state index contributed by atoms with van der Waals surface area (Å²) in [5.74, 6) is 0.131. The number of nitrogens with two attached hydrogens (primary N) is 1. The van der Waals surface area contributed by atoms with Gasteiger partial charge in [-0.15, -0.1) is 0 Å². The molecule has 1 aromatic carbocycles. The summed E-state index contributed by atoms with van der Waals surface area (Å²) < 4.78 is 6.36. The number of esters is 1. The molecule has 0 atom stereocenters. The number of H-pyrrole nitrogens is 1. The summed E-state index contributed by atoms with van der Waals surface area (Å²) in [5.41, 5.74) is 9.84. The molecule has 0 fully saturated rings. The lowest BCUT2D eigenvalue weighted by molar-refractivity contribution is 0.0593. The summed E-state index contributed by atoms with van der Waals surface area (Å²) >= 11 is 0. The van der Waals surface area contributed by atoms with Gasteiger partial charge in [0, 0.05) is 23.1 Å². The number of carbonyl (C=O) groups excluding carboxylic acids is 1. The van der Waals surface area contributed by atoms with Crippen molar-refractivity contribution in [3.63, 3.8) is 0 Å². The van der Waals surface area contributed by atoms with E-state index in [1.54, 1.807) is 4.57 Å². The summed E-state index contributed by atoms with van der Waals surface area (Å²) in [7, 11) is 1.27.